The number of aromatic nitrogens is 3. The third kappa shape index (κ3) is 2.41. The lowest BCUT2D eigenvalue weighted by atomic mass is 10.2. The normalized spacial score (nSPS) is 10.0. The first-order chi connectivity index (χ1) is 8.20. The second-order valence-electron chi connectivity index (χ2n) is 3.49. The fourth-order valence-electron chi connectivity index (χ4n) is 1.37. The molecule has 1 heterocycles. The van der Waals surface area contributed by atoms with Gasteiger partial charge in [-0.2, -0.15) is 10.1 Å². The van der Waals surface area contributed by atoms with E-state index in [0.717, 1.165) is 5.69 Å². The number of nitrogens with one attached hydrogen (secondary N) is 2. The topological polar surface area (TPSA) is 71.8 Å². The lowest BCUT2D eigenvalue weighted by molar-refractivity contribution is 0.102. The quantitative estimate of drug-likeness (QED) is 0.830. The molecule has 1 aromatic carbocycles. The molecule has 0 aliphatic heterocycles. The van der Waals surface area contributed by atoms with Gasteiger partial charge in [0.15, 0.2) is 0 Å². The molecule has 2 aromatic rings. The van der Waals surface area contributed by atoms with Crippen molar-refractivity contribution in [2.75, 3.05) is 17.7 Å². The van der Waals surface area contributed by atoms with E-state index < -0.39 is 0 Å². The van der Waals surface area contributed by atoms with Crippen molar-refractivity contribution in [3.8, 4) is 0 Å². The third-order valence-electron chi connectivity index (χ3n) is 2.37. The Morgan fingerprint density at radius 1 is 1.29 bits per heavy atom. The lowest BCUT2D eigenvalue weighted by Gasteiger charge is -2.05. The van der Waals surface area contributed by atoms with Gasteiger partial charge in [-0.05, 0) is 24.3 Å². The van der Waals surface area contributed by atoms with Gasteiger partial charge in [0.1, 0.15) is 6.33 Å². The van der Waals surface area contributed by atoms with E-state index in [2.05, 4.69) is 20.7 Å². The maximum atomic E-state index is 11.9. The lowest BCUT2D eigenvalue weighted by Crippen LogP contribution is -2.15. The Hall–Kier alpha value is -2.37. The number of benzene rings is 1. The van der Waals surface area contributed by atoms with Crippen LogP contribution in [0.25, 0.3) is 0 Å². The zero-order valence-corrected chi connectivity index (χ0v) is 9.64. The number of nitrogens with zero attached hydrogens (tertiary/aromatic N) is 3. The van der Waals surface area contributed by atoms with Crippen molar-refractivity contribution in [3.63, 3.8) is 0 Å². The minimum atomic E-state index is -0.205. The molecule has 1 aromatic heterocycles. The summed E-state index contributed by atoms with van der Waals surface area (Å²) in [6.45, 7) is 0. The van der Waals surface area contributed by atoms with Crippen molar-refractivity contribution in [2.24, 2.45) is 7.05 Å². The summed E-state index contributed by atoms with van der Waals surface area (Å²) in [6.07, 6.45) is 1.39. The predicted molar refractivity (Wildman–Crippen MR) is 64.9 cm³/mol. The molecule has 17 heavy (non-hydrogen) atoms. The molecule has 1 amide bonds. The molecule has 0 aliphatic rings. The van der Waals surface area contributed by atoms with Crippen LogP contribution in [0.3, 0.4) is 0 Å². The first-order valence-electron chi connectivity index (χ1n) is 5.14. The fraction of sp³-hybridized carbons (Fsp3) is 0.182. The summed E-state index contributed by atoms with van der Waals surface area (Å²) < 4.78 is 1.50. The summed E-state index contributed by atoms with van der Waals surface area (Å²) >= 11 is 0. The van der Waals surface area contributed by atoms with Gasteiger partial charge in [-0.3, -0.25) is 10.1 Å². The average molecular weight is 231 g/mol. The van der Waals surface area contributed by atoms with E-state index in [-0.39, 0.29) is 5.91 Å². The molecule has 0 bridgehead atoms. The van der Waals surface area contributed by atoms with E-state index in [0.29, 0.717) is 11.5 Å². The molecule has 6 heteroatoms. The van der Waals surface area contributed by atoms with Gasteiger partial charge in [0.25, 0.3) is 5.91 Å². The summed E-state index contributed by atoms with van der Waals surface area (Å²) in [5, 5.41) is 9.54. The van der Waals surface area contributed by atoms with Crippen LogP contribution in [0.2, 0.25) is 0 Å². The van der Waals surface area contributed by atoms with Gasteiger partial charge in [0.2, 0.25) is 5.95 Å². The number of aryl methyl sites for hydroxylation is 1. The number of hydrogen-bond donors (Lipinski definition) is 2. The van der Waals surface area contributed by atoms with Crippen LogP contribution >= 0.6 is 0 Å². The van der Waals surface area contributed by atoms with Crippen molar-refractivity contribution < 1.29 is 4.79 Å². The molecule has 0 saturated heterocycles. The van der Waals surface area contributed by atoms with Crippen molar-refractivity contribution in [2.45, 2.75) is 0 Å². The van der Waals surface area contributed by atoms with Crippen LogP contribution in [-0.4, -0.2) is 27.7 Å². The number of rotatable bonds is 3. The fourth-order valence-corrected chi connectivity index (χ4v) is 1.37. The highest BCUT2D eigenvalue weighted by molar-refractivity contribution is 6.03. The molecule has 88 valence electrons. The predicted octanol–water partition coefficient (Wildman–Crippen LogP) is 1.11. The van der Waals surface area contributed by atoms with Gasteiger partial charge >= 0.3 is 0 Å². The van der Waals surface area contributed by atoms with Gasteiger partial charge < -0.3 is 5.32 Å². The molecule has 0 radical (unpaired) electrons. The van der Waals surface area contributed by atoms with Crippen LogP contribution in [0.15, 0.2) is 30.6 Å². The Morgan fingerprint density at radius 2 is 2.00 bits per heavy atom. The third-order valence-corrected chi connectivity index (χ3v) is 2.37. The van der Waals surface area contributed by atoms with Crippen LogP contribution in [0.1, 0.15) is 10.4 Å². The summed E-state index contributed by atoms with van der Waals surface area (Å²) in [5.74, 6) is 0.219. The molecular weight excluding hydrogens is 218 g/mol. The van der Waals surface area contributed by atoms with Crippen molar-refractivity contribution in [3.05, 3.63) is 36.2 Å². The van der Waals surface area contributed by atoms with Crippen molar-refractivity contribution in [1.82, 2.24) is 14.8 Å². The molecular formula is C11H13N5O. The van der Waals surface area contributed by atoms with Gasteiger partial charge in [-0.15, -0.1) is 0 Å². The summed E-state index contributed by atoms with van der Waals surface area (Å²) in [5.41, 5.74) is 1.53. The van der Waals surface area contributed by atoms with Crippen LogP contribution < -0.4 is 10.6 Å². The Balaban J connectivity index is 2.12. The number of carbonyl (C=O) groups is 1. The Labute approximate surface area is 98.7 Å². The Kier molecular flexibility index (Phi) is 3.04. The van der Waals surface area contributed by atoms with E-state index in [1.807, 2.05) is 19.2 Å². The zero-order chi connectivity index (χ0) is 12.3. The van der Waals surface area contributed by atoms with Gasteiger partial charge in [-0.25, -0.2) is 4.68 Å². The minimum absolute atomic E-state index is 0.205. The maximum absolute atomic E-state index is 11.9. The van der Waals surface area contributed by atoms with E-state index in [1.165, 1.54) is 11.0 Å². The van der Waals surface area contributed by atoms with Crippen LogP contribution in [0, 0.1) is 0 Å². The molecule has 2 rings (SSSR count). The van der Waals surface area contributed by atoms with E-state index in [4.69, 9.17) is 0 Å². The summed E-state index contributed by atoms with van der Waals surface area (Å²) in [6, 6.07) is 7.17. The first kappa shape index (κ1) is 11.1. The molecule has 6 nitrogen and oxygen atoms in total. The Bertz CT molecular complexity index is 517. The molecule has 0 saturated carbocycles. The van der Waals surface area contributed by atoms with Crippen LogP contribution in [-0.2, 0) is 7.05 Å². The molecule has 2 N–H and O–H groups in total. The zero-order valence-electron chi connectivity index (χ0n) is 9.64. The number of amides is 1. The largest absolute Gasteiger partial charge is 0.388 e. The van der Waals surface area contributed by atoms with E-state index >= 15 is 0 Å². The van der Waals surface area contributed by atoms with Gasteiger partial charge in [0.05, 0.1) is 0 Å². The van der Waals surface area contributed by atoms with Crippen LogP contribution in [0.5, 0.6) is 0 Å². The average Bonchev–Trinajstić information content (AvgIpc) is 2.75. The van der Waals surface area contributed by atoms with Crippen molar-refractivity contribution in [1.29, 1.82) is 0 Å². The first-order valence-corrected chi connectivity index (χ1v) is 5.14. The second kappa shape index (κ2) is 4.65. The standard InChI is InChI=1S/C11H13N5O/c1-12-9-5-3-8(4-6-9)10(17)15-11-13-7-14-16(11)2/h3-7,12H,1-2H3,(H,13,14,15,17). The Morgan fingerprint density at radius 3 is 2.53 bits per heavy atom. The number of anilines is 2. The summed E-state index contributed by atoms with van der Waals surface area (Å²) in [7, 11) is 3.54. The minimum Gasteiger partial charge on any atom is -0.388 e. The van der Waals surface area contributed by atoms with Gasteiger partial charge in [0, 0.05) is 25.3 Å². The molecule has 0 fully saturated rings. The highest BCUT2D eigenvalue weighted by Crippen LogP contribution is 2.10. The monoisotopic (exact) mass is 231 g/mol. The highest BCUT2D eigenvalue weighted by atomic mass is 16.1. The van der Waals surface area contributed by atoms with E-state index in [9.17, 15) is 4.79 Å². The van der Waals surface area contributed by atoms with E-state index in [1.54, 1.807) is 19.2 Å². The molecule has 0 aliphatic carbocycles. The second-order valence-corrected chi connectivity index (χ2v) is 3.49. The van der Waals surface area contributed by atoms with Crippen molar-refractivity contribution >= 4 is 17.5 Å². The summed E-state index contributed by atoms with van der Waals surface area (Å²) in [4.78, 5) is 15.8. The molecule has 0 spiro atoms. The van der Waals surface area contributed by atoms with Crippen LogP contribution in [0.4, 0.5) is 11.6 Å². The molecule has 0 atom stereocenters. The molecule has 0 unspecified atom stereocenters. The van der Waals surface area contributed by atoms with Gasteiger partial charge in [-0.1, -0.05) is 0 Å². The SMILES string of the molecule is CNc1ccc(C(=O)Nc2ncnn2C)cc1. The number of carbonyl (C=O) groups excluding carboxylic acids is 1. The number of hydrogen-bond acceptors (Lipinski definition) is 4. The maximum Gasteiger partial charge on any atom is 0.258 e. The highest BCUT2D eigenvalue weighted by Gasteiger charge is 2.08. The smallest absolute Gasteiger partial charge is 0.258 e.